The van der Waals surface area contributed by atoms with E-state index in [2.05, 4.69) is 5.32 Å². The Morgan fingerprint density at radius 1 is 1.00 bits per heavy atom. The molecule has 2 aliphatic rings. The minimum absolute atomic E-state index is 0.113. The Labute approximate surface area is 116 Å². The molecule has 19 heavy (non-hydrogen) atoms. The first-order chi connectivity index (χ1) is 9.19. The van der Waals surface area contributed by atoms with Gasteiger partial charge in [-0.3, -0.25) is 4.79 Å². The quantitative estimate of drug-likeness (QED) is 0.722. The number of nitrogens with one attached hydrogen (secondary N) is 1. The number of aliphatic hydroxyl groups excluding tert-OH is 1. The second-order valence-electron chi connectivity index (χ2n) is 6.37. The predicted octanol–water partition coefficient (Wildman–Crippen LogP) is 1.42. The van der Waals surface area contributed by atoms with E-state index in [0.29, 0.717) is 11.8 Å². The molecule has 0 unspecified atom stereocenters. The first-order valence-electron chi connectivity index (χ1n) is 7.85. The normalized spacial score (nSPS) is 35.9. The van der Waals surface area contributed by atoms with Crippen LogP contribution in [0.15, 0.2) is 0 Å². The molecule has 0 radical (unpaired) electrons. The van der Waals surface area contributed by atoms with E-state index in [1.807, 2.05) is 0 Å². The number of hydrogen-bond donors (Lipinski definition) is 3. The largest absolute Gasteiger partial charge is 0.393 e. The predicted molar refractivity (Wildman–Crippen MR) is 75.5 cm³/mol. The fourth-order valence-electron chi connectivity index (χ4n) is 3.40. The molecule has 2 fully saturated rings. The van der Waals surface area contributed by atoms with Crippen molar-refractivity contribution in [3.63, 3.8) is 0 Å². The zero-order chi connectivity index (χ0) is 13.7. The van der Waals surface area contributed by atoms with Gasteiger partial charge in [-0.05, 0) is 69.7 Å². The van der Waals surface area contributed by atoms with Crippen molar-refractivity contribution in [2.24, 2.45) is 23.5 Å². The molecular formula is C15H28N2O2. The van der Waals surface area contributed by atoms with Gasteiger partial charge in [0.2, 0.25) is 5.91 Å². The molecule has 2 saturated carbocycles. The van der Waals surface area contributed by atoms with Gasteiger partial charge in [0.25, 0.3) is 0 Å². The summed E-state index contributed by atoms with van der Waals surface area (Å²) in [5, 5.41) is 12.6. The third kappa shape index (κ3) is 4.46. The van der Waals surface area contributed by atoms with Gasteiger partial charge in [-0.15, -0.1) is 0 Å². The highest BCUT2D eigenvalue weighted by Crippen LogP contribution is 2.28. The molecule has 0 atom stereocenters. The number of carbonyl (C=O) groups is 1. The standard InChI is InChI=1S/C15H28N2O2/c16-9-11-1-5-13(6-2-11)15(19)17-10-12-3-7-14(18)8-4-12/h11-14,18H,1-10,16H2,(H,17,19). The monoisotopic (exact) mass is 268 g/mol. The van der Waals surface area contributed by atoms with Crippen LogP contribution in [0.2, 0.25) is 0 Å². The molecule has 0 bridgehead atoms. The molecule has 2 aliphatic carbocycles. The van der Waals surface area contributed by atoms with Crippen molar-refractivity contribution >= 4 is 5.91 Å². The highest BCUT2D eigenvalue weighted by molar-refractivity contribution is 5.78. The summed E-state index contributed by atoms with van der Waals surface area (Å²) < 4.78 is 0. The molecule has 0 aliphatic heterocycles. The van der Waals surface area contributed by atoms with Crippen molar-refractivity contribution < 1.29 is 9.90 Å². The second kappa shape index (κ2) is 7.25. The van der Waals surface area contributed by atoms with Crippen molar-refractivity contribution in [2.45, 2.75) is 57.5 Å². The highest BCUT2D eigenvalue weighted by atomic mass is 16.3. The van der Waals surface area contributed by atoms with Crippen molar-refractivity contribution in [2.75, 3.05) is 13.1 Å². The molecule has 0 heterocycles. The van der Waals surface area contributed by atoms with E-state index < -0.39 is 0 Å². The number of rotatable bonds is 4. The second-order valence-corrected chi connectivity index (χ2v) is 6.37. The zero-order valence-electron chi connectivity index (χ0n) is 11.8. The smallest absolute Gasteiger partial charge is 0.223 e. The van der Waals surface area contributed by atoms with Gasteiger partial charge in [-0.1, -0.05) is 0 Å². The van der Waals surface area contributed by atoms with Crippen LogP contribution in [0.1, 0.15) is 51.4 Å². The van der Waals surface area contributed by atoms with Crippen molar-refractivity contribution in [1.82, 2.24) is 5.32 Å². The van der Waals surface area contributed by atoms with Gasteiger partial charge in [0.05, 0.1) is 6.10 Å². The van der Waals surface area contributed by atoms with Gasteiger partial charge in [0.1, 0.15) is 0 Å². The summed E-state index contributed by atoms with van der Waals surface area (Å²) in [6, 6.07) is 0. The highest BCUT2D eigenvalue weighted by Gasteiger charge is 2.26. The molecule has 4 nitrogen and oxygen atoms in total. The van der Waals surface area contributed by atoms with Gasteiger partial charge in [0, 0.05) is 12.5 Å². The van der Waals surface area contributed by atoms with E-state index in [1.54, 1.807) is 0 Å². The van der Waals surface area contributed by atoms with Crippen LogP contribution in [0.4, 0.5) is 0 Å². The van der Waals surface area contributed by atoms with E-state index in [0.717, 1.165) is 64.5 Å². The topological polar surface area (TPSA) is 75.4 Å². The molecule has 0 aromatic carbocycles. The zero-order valence-corrected chi connectivity index (χ0v) is 11.8. The van der Waals surface area contributed by atoms with Crippen molar-refractivity contribution in [3.05, 3.63) is 0 Å². The molecule has 4 heteroatoms. The summed E-state index contributed by atoms with van der Waals surface area (Å²) in [7, 11) is 0. The minimum Gasteiger partial charge on any atom is -0.393 e. The van der Waals surface area contributed by atoms with Crippen LogP contribution in [-0.4, -0.2) is 30.2 Å². The SMILES string of the molecule is NCC1CCC(C(=O)NCC2CCC(O)CC2)CC1. The fraction of sp³-hybridized carbons (Fsp3) is 0.933. The van der Waals surface area contributed by atoms with Crippen LogP contribution in [0.25, 0.3) is 0 Å². The number of aliphatic hydroxyl groups is 1. The average molecular weight is 268 g/mol. The lowest BCUT2D eigenvalue weighted by molar-refractivity contribution is -0.126. The lowest BCUT2D eigenvalue weighted by Gasteiger charge is -2.29. The van der Waals surface area contributed by atoms with Crippen LogP contribution in [0.3, 0.4) is 0 Å². The van der Waals surface area contributed by atoms with Gasteiger partial charge < -0.3 is 16.2 Å². The maximum absolute atomic E-state index is 12.1. The van der Waals surface area contributed by atoms with Crippen LogP contribution in [0, 0.1) is 17.8 Å². The first-order valence-corrected chi connectivity index (χ1v) is 7.85. The molecule has 0 aromatic heterocycles. The minimum atomic E-state index is -0.113. The molecule has 0 spiro atoms. The van der Waals surface area contributed by atoms with E-state index in [1.165, 1.54) is 0 Å². The number of carbonyl (C=O) groups excluding carboxylic acids is 1. The molecular weight excluding hydrogens is 240 g/mol. The Balaban J connectivity index is 1.64. The fourth-order valence-corrected chi connectivity index (χ4v) is 3.40. The van der Waals surface area contributed by atoms with Crippen LogP contribution < -0.4 is 11.1 Å². The Kier molecular flexibility index (Phi) is 5.64. The number of amides is 1. The van der Waals surface area contributed by atoms with Gasteiger partial charge >= 0.3 is 0 Å². The summed E-state index contributed by atoms with van der Waals surface area (Å²) in [6.07, 6.45) is 7.95. The summed E-state index contributed by atoms with van der Waals surface area (Å²) in [5.74, 6) is 1.63. The lowest BCUT2D eigenvalue weighted by Crippen LogP contribution is -2.37. The Morgan fingerprint density at radius 3 is 2.16 bits per heavy atom. The molecule has 1 amide bonds. The van der Waals surface area contributed by atoms with Crippen LogP contribution >= 0.6 is 0 Å². The summed E-state index contributed by atoms with van der Waals surface area (Å²) >= 11 is 0. The van der Waals surface area contributed by atoms with Gasteiger partial charge in [-0.2, -0.15) is 0 Å². The Morgan fingerprint density at radius 2 is 1.58 bits per heavy atom. The maximum atomic E-state index is 12.1. The van der Waals surface area contributed by atoms with E-state index >= 15 is 0 Å². The number of hydrogen-bond acceptors (Lipinski definition) is 3. The maximum Gasteiger partial charge on any atom is 0.223 e. The Bertz CT molecular complexity index is 280. The first kappa shape index (κ1) is 14.8. The Hall–Kier alpha value is -0.610. The van der Waals surface area contributed by atoms with E-state index in [9.17, 15) is 9.90 Å². The lowest BCUT2D eigenvalue weighted by atomic mass is 9.81. The van der Waals surface area contributed by atoms with Gasteiger partial charge in [-0.25, -0.2) is 0 Å². The summed E-state index contributed by atoms with van der Waals surface area (Å²) in [5.41, 5.74) is 5.67. The van der Waals surface area contributed by atoms with E-state index in [4.69, 9.17) is 5.73 Å². The van der Waals surface area contributed by atoms with E-state index in [-0.39, 0.29) is 17.9 Å². The molecule has 110 valence electrons. The van der Waals surface area contributed by atoms with Crippen molar-refractivity contribution in [3.8, 4) is 0 Å². The average Bonchev–Trinajstić information content (AvgIpc) is 2.46. The summed E-state index contributed by atoms with van der Waals surface area (Å²) in [4.78, 5) is 12.1. The molecule has 0 aromatic rings. The summed E-state index contributed by atoms with van der Waals surface area (Å²) in [6.45, 7) is 1.56. The van der Waals surface area contributed by atoms with Gasteiger partial charge in [0.15, 0.2) is 0 Å². The molecule has 2 rings (SSSR count). The van der Waals surface area contributed by atoms with Crippen molar-refractivity contribution in [1.29, 1.82) is 0 Å². The van der Waals surface area contributed by atoms with Crippen LogP contribution in [-0.2, 0) is 4.79 Å². The molecule has 0 saturated heterocycles. The third-order valence-electron chi connectivity index (χ3n) is 4.93. The third-order valence-corrected chi connectivity index (χ3v) is 4.93. The van der Waals surface area contributed by atoms with Crippen LogP contribution in [0.5, 0.6) is 0 Å². The number of nitrogens with two attached hydrogens (primary N) is 1. The molecule has 4 N–H and O–H groups in total.